The van der Waals surface area contributed by atoms with Gasteiger partial charge in [0.2, 0.25) is 0 Å². The highest BCUT2D eigenvalue weighted by Crippen LogP contribution is 2.29. The van der Waals surface area contributed by atoms with Gasteiger partial charge in [-0.25, -0.2) is 4.79 Å². The number of hydrogen-bond donors (Lipinski definition) is 1. The minimum atomic E-state index is -0.228. The smallest absolute Gasteiger partial charge is 0.305 e. The molecule has 0 aliphatic heterocycles. The molecular formula is C20H16N4O. The summed E-state index contributed by atoms with van der Waals surface area (Å²) in [6, 6.07) is 18.9. The molecule has 2 heterocycles. The Kier molecular flexibility index (Phi) is 3.74. The molecule has 4 aromatic rings. The van der Waals surface area contributed by atoms with Crippen LogP contribution in [0, 0.1) is 0 Å². The molecule has 0 saturated carbocycles. The molecule has 2 aromatic heterocycles. The number of aromatic nitrogens is 2. The van der Waals surface area contributed by atoms with Crippen molar-refractivity contribution in [2.75, 3.05) is 17.3 Å². The van der Waals surface area contributed by atoms with E-state index < -0.39 is 0 Å². The summed E-state index contributed by atoms with van der Waals surface area (Å²) in [4.78, 5) is 23.1. The van der Waals surface area contributed by atoms with Crippen LogP contribution in [0.15, 0.2) is 73.1 Å². The van der Waals surface area contributed by atoms with Gasteiger partial charge in [-0.3, -0.25) is 14.9 Å². The topological polar surface area (TPSA) is 58.1 Å². The molecule has 0 atom stereocenters. The lowest BCUT2D eigenvalue weighted by molar-refractivity contribution is 0.258. The maximum absolute atomic E-state index is 12.7. The van der Waals surface area contributed by atoms with Crippen LogP contribution in [0.25, 0.3) is 21.8 Å². The fourth-order valence-corrected chi connectivity index (χ4v) is 2.87. The summed E-state index contributed by atoms with van der Waals surface area (Å²) in [7, 11) is 1.74. The molecule has 25 heavy (non-hydrogen) atoms. The Morgan fingerprint density at radius 3 is 2.44 bits per heavy atom. The van der Waals surface area contributed by atoms with Crippen molar-refractivity contribution in [3.8, 4) is 0 Å². The van der Waals surface area contributed by atoms with Gasteiger partial charge in [0.15, 0.2) is 0 Å². The van der Waals surface area contributed by atoms with Gasteiger partial charge in [-0.1, -0.05) is 30.3 Å². The van der Waals surface area contributed by atoms with Crippen molar-refractivity contribution in [2.45, 2.75) is 0 Å². The monoisotopic (exact) mass is 328 g/mol. The highest BCUT2D eigenvalue weighted by molar-refractivity contribution is 6.14. The Morgan fingerprint density at radius 2 is 1.64 bits per heavy atom. The predicted octanol–water partition coefficient (Wildman–Crippen LogP) is 4.45. The lowest BCUT2D eigenvalue weighted by atomic mass is 10.1. The third-order valence-corrected chi connectivity index (χ3v) is 4.16. The molecule has 5 heteroatoms. The number of pyridine rings is 2. The van der Waals surface area contributed by atoms with E-state index in [1.807, 2.05) is 60.7 Å². The number of amides is 2. The second-order valence-electron chi connectivity index (χ2n) is 5.72. The van der Waals surface area contributed by atoms with E-state index in [1.54, 1.807) is 24.3 Å². The molecule has 2 aromatic carbocycles. The van der Waals surface area contributed by atoms with Gasteiger partial charge in [-0.2, -0.15) is 0 Å². The van der Waals surface area contributed by atoms with Crippen LogP contribution in [-0.4, -0.2) is 23.0 Å². The zero-order valence-electron chi connectivity index (χ0n) is 13.7. The second kappa shape index (κ2) is 6.20. The zero-order chi connectivity index (χ0) is 17.2. The Hall–Kier alpha value is -3.47. The van der Waals surface area contributed by atoms with Crippen LogP contribution >= 0.6 is 0 Å². The third-order valence-electron chi connectivity index (χ3n) is 4.16. The SMILES string of the molecule is CN(C(=O)Nc1cc2ncccc2c2cccnc12)c1ccccc1. The van der Waals surface area contributed by atoms with E-state index >= 15 is 0 Å². The molecule has 1 N–H and O–H groups in total. The molecule has 122 valence electrons. The Balaban J connectivity index is 1.77. The first kappa shape index (κ1) is 15.1. The van der Waals surface area contributed by atoms with Gasteiger partial charge in [0.1, 0.15) is 0 Å². The largest absolute Gasteiger partial charge is 0.326 e. The number of carbonyl (C=O) groups excluding carboxylic acids is 1. The van der Waals surface area contributed by atoms with Crippen LogP contribution in [-0.2, 0) is 0 Å². The molecule has 0 saturated heterocycles. The van der Waals surface area contributed by atoms with Crippen LogP contribution < -0.4 is 10.2 Å². The number of urea groups is 1. The summed E-state index contributed by atoms with van der Waals surface area (Å²) in [5.74, 6) is 0. The van der Waals surface area contributed by atoms with Crippen molar-refractivity contribution >= 4 is 39.2 Å². The summed E-state index contributed by atoms with van der Waals surface area (Å²) in [6.07, 6.45) is 3.47. The first-order valence-corrected chi connectivity index (χ1v) is 7.96. The van der Waals surface area contributed by atoms with Gasteiger partial charge in [0.25, 0.3) is 0 Å². The van der Waals surface area contributed by atoms with E-state index in [1.165, 1.54) is 0 Å². The quantitative estimate of drug-likeness (QED) is 0.553. The Morgan fingerprint density at radius 1 is 0.920 bits per heavy atom. The highest BCUT2D eigenvalue weighted by atomic mass is 16.2. The lowest BCUT2D eigenvalue weighted by Crippen LogP contribution is -2.31. The average Bonchev–Trinajstić information content (AvgIpc) is 2.68. The van der Waals surface area contributed by atoms with Gasteiger partial charge in [0, 0.05) is 35.9 Å². The van der Waals surface area contributed by atoms with Crippen LogP contribution in [0.5, 0.6) is 0 Å². The average molecular weight is 328 g/mol. The maximum Gasteiger partial charge on any atom is 0.326 e. The van der Waals surface area contributed by atoms with E-state index in [9.17, 15) is 4.79 Å². The van der Waals surface area contributed by atoms with Gasteiger partial charge in [-0.15, -0.1) is 0 Å². The van der Waals surface area contributed by atoms with Crippen LogP contribution in [0.2, 0.25) is 0 Å². The van der Waals surface area contributed by atoms with Crippen LogP contribution in [0.4, 0.5) is 16.2 Å². The van der Waals surface area contributed by atoms with Gasteiger partial charge < -0.3 is 5.32 Å². The van der Waals surface area contributed by atoms with E-state index in [2.05, 4.69) is 15.3 Å². The van der Waals surface area contributed by atoms with Crippen molar-refractivity contribution in [1.82, 2.24) is 9.97 Å². The molecule has 0 radical (unpaired) electrons. The van der Waals surface area contributed by atoms with Crippen LogP contribution in [0.1, 0.15) is 0 Å². The normalized spacial score (nSPS) is 10.8. The van der Waals surface area contributed by atoms with Crippen LogP contribution in [0.3, 0.4) is 0 Å². The molecule has 0 fully saturated rings. The molecule has 2 amide bonds. The predicted molar refractivity (Wildman–Crippen MR) is 101 cm³/mol. The first-order chi connectivity index (χ1) is 12.2. The number of anilines is 2. The number of para-hydroxylation sites is 1. The van der Waals surface area contributed by atoms with E-state index in [0.29, 0.717) is 5.69 Å². The number of hydrogen-bond acceptors (Lipinski definition) is 3. The van der Waals surface area contributed by atoms with Crippen molar-refractivity contribution in [1.29, 1.82) is 0 Å². The maximum atomic E-state index is 12.7. The second-order valence-corrected chi connectivity index (χ2v) is 5.72. The van der Waals surface area contributed by atoms with Gasteiger partial charge in [-0.05, 0) is 30.3 Å². The minimum absolute atomic E-state index is 0.228. The summed E-state index contributed by atoms with van der Waals surface area (Å²) >= 11 is 0. The number of benzene rings is 2. The van der Waals surface area contributed by atoms with Crippen molar-refractivity contribution in [3.05, 3.63) is 73.1 Å². The molecule has 5 nitrogen and oxygen atoms in total. The van der Waals surface area contributed by atoms with E-state index in [4.69, 9.17) is 0 Å². The Labute approximate surface area is 144 Å². The molecule has 0 unspecified atom stereocenters. The minimum Gasteiger partial charge on any atom is -0.305 e. The van der Waals surface area contributed by atoms with E-state index in [0.717, 1.165) is 27.5 Å². The highest BCUT2D eigenvalue weighted by Gasteiger charge is 2.14. The van der Waals surface area contributed by atoms with Gasteiger partial charge in [0.05, 0.1) is 16.7 Å². The van der Waals surface area contributed by atoms with Crippen molar-refractivity contribution in [3.63, 3.8) is 0 Å². The first-order valence-electron chi connectivity index (χ1n) is 7.96. The Bertz CT molecular complexity index is 1060. The van der Waals surface area contributed by atoms with E-state index in [-0.39, 0.29) is 6.03 Å². The molecular weight excluding hydrogens is 312 g/mol. The number of carbonyl (C=O) groups is 1. The third kappa shape index (κ3) is 2.76. The molecule has 0 aliphatic rings. The fraction of sp³-hybridized carbons (Fsp3) is 0.0500. The van der Waals surface area contributed by atoms with Gasteiger partial charge >= 0.3 is 6.03 Å². The summed E-state index contributed by atoms with van der Waals surface area (Å²) in [5, 5.41) is 4.94. The molecule has 0 aliphatic carbocycles. The molecule has 0 bridgehead atoms. The number of rotatable bonds is 2. The summed E-state index contributed by atoms with van der Waals surface area (Å²) in [6.45, 7) is 0. The number of fused-ring (bicyclic) bond motifs is 3. The fourth-order valence-electron chi connectivity index (χ4n) is 2.87. The molecule has 4 rings (SSSR count). The summed E-state index contributed by atoms with van der Waals surface area (Å²) in [5.41, 5.74) is 3.03. The van der Waals surface area contributed by atoms with Crippen molar-refractivity contribution in [2.24, 2.45) is 0 Å². The number of nitrogens with zero attached hydrogens (tertiary/aromatic N) is 3. The standard InChI is InChI=1S/C20H16N4O/c1-24(14-7-3-2-4-8-14)20(25)23-18-13-17-15(9-5-11-21-17)16-10-6-12-22-19(16)18/h2-13H,1H3,(H,23,25). The summed E-state index contributed by atoms with van der Waals surface area (Å²) < 4.78 is 0. The lowest BCUT2D eigenvalue weighted by Gasteiger charge is -2.19. The number of nitrogens with one attached hydrogen (secondary N) is 1. The van der Waals surface area contributed by atoms with Crippen molar-refractivity contribution < 1.29 is 4.79 Å². The zero-order valence-corrected chi connectivity index (χ0v) is 13.7. The molecule has 0 spiro atoms.